The van der Waals surface area contributed by atoms with Crippen molar-refractivity contribution in [3.8, 4) is 0 Å². The first-order valence-electron chi connectivity index (χ1n) is 8.07. The summed E-state index contributed by atoms with van der Waals surface area (Å²) in [5.41, 5.74) is 3.33. The van der Waals surface area contributed by atoms with Crippen LogP contribution in [0.3, 0.4) is 0 Å². The molecule has 0 aliphatic heterocycles. The average Bonchev–Trinajstić information content (AvgIpc) is 3.00. The van der Waals surface area contributed by atoms with Gasteiger partial charge in [0.2, 0.25) is 0 Å². The first-order valence-corrected chi connectivity index (χ1v) is 8.07. The molecule has 3 aromatic rings. The summed E-state index contributed by atoms with van der Waals surface area (Å²) in [6, 6.07) is 12.5. The van der Waals surface area contributed by atoms with E-state index in [1.54, 1.807) is 37.4 Å². The summed E-state index contributed by atoms with van der Waals surface area (Å²) >= 11 is 0. The predicted molar refractivity (Wildman–Crippen MR) is 95.7 cm³/mol. The third-order valence-electron chi connectivity index (χ3n) is 3.77. The maximum Gasteiger partial charge on any atom is 0.347 e. The monoisotopic (exact) mass is 337 g/mol. The molecule has 0 saturated carbocycles. The van der Waals surface area contributed by atoms with Crippen LogP contribution in [0.25, 0.3) is 10.9 Å². The van der Waals surface area contributed by atoms with Gasteiger partial charge in [-0.2, -0.15) is 9.78 Å². The number of amides is 1. The van der Waals surface area contributed by atoms with Crippen LogP contribution in [0.4, 0.5) is 10.5 Å². The number of fused-ring (bicyclic) bond motifs is 1. The number of hydrogen-bond donors (Lipinski definition) is 1. The third kappa shape index (κ3) is 3.85. The fraction of sp³-hybridized carbons (Fsp3) is 0.211. The Morgan fingerprint density at radius 2 is 1.92 bits per heavy atom. The molecule has 128 valence electrons. The Morgan fingerprint density at radius 3 is 2.64 bits per heavy atom. The minimum atomic E-state index is -0.336. The zero-order valence-electron chi connectivity index (χ0n) is 14.2. The van der Waals surface area contributed by atoms with Crippen molar-refractivity contribution in [3.63, 3.8) is 0 Å². The molecule has 2 aromatic carbocycles. The second kappa shape index (κ2) is 7.17. The maximum absolute atomic E-state index is 12.4. The van der Waals surface area contributed by atoms with Crippen molar-refractivity contribution in [1.29, 1.82) is 0 Å². The van der Waals surface area contributed by atoms with Gasteiger partial charge in [-0.3, -0.25) is 4.79 Å². The summed E-state index contributed by atoms with van der Waals surface area (Å²) in [5, 5.41) is 7.87. The third-order valence-corrected chi connectivity index (χ3v) is 3.77. The van der Waals surface area contributed by atoms with Gasteiger partial charge in [-0.15, -0.1) is 0 Å². The number of aryl methyl sites for hydroxylation is 1. The Kier molecular flexibility index (Phi) is 4.79. The number of aromatic nitrogens is 2. The topological polar surface area (TPSA) is 73.2 Å². The van der Waals surface area contributed by atoms with Gasteiger partial charge in [0.05, 0.1) is 24.7 Å². The molecular weight excluding hydrogens is 318 g/mol. The number of anilines is 1. The summed E-state index contributed by atoms with van der Waals surface area (Å²) in [6.07, 6.45) is 1.88. The summed E-state index contributed by atoms with van der Waals surface area (Å²) in [4.78, 5) is 23.9. The number of carbonyl (C=O) groups is 2. The smallest absolute Gasteiger partial charge is 0.347 e. The van der Waals surface area contributed by atoms with Crippen molar-refractivity contribution in [1.82, 2.24) is 9.78 Å². The molecule has 6 nitrogen and oxygen atoms in total. The highest BCUT2D eigenvalue weighted by Gasteiger charge is 2.11. The highest BCUT2D eigenvalue weighted by molar-refractivity contribution is 5.97. The van der Waals surface area contributed by atoms with E-state index in [4.69, 9.17) is 4.74 Å². The summed E-state index contributed by atoms with van der Waals surface area (Å²) in [6.45, 7) is 4.13. The number of nitrogens with zero attached hydrogens (tertiary/aromatic N) is 2. The van der Waals surface area contributed by atoms with Gasteiger partial charge in [0.15, 0.2) is 0 Å². The maximum atomic E-state index is 12.4. The Labute approximate surface area is 145 Å². The van der Waals surface area contributed by atoms with E-state index in [0.29, 0.717) is 12.3 Å². The van der Waals surface area contributed by atoms with Crippen LogP contribution in [0.2, 0.25) is 0 Å². The molecule has 1 aromatic heterocycles. The first kappa shape index (κ1) is 16.7. The summed E-state index contributed by atoms with van der Waals surface area (Å²) in [7, 11) is 0. The standard InChI is InChI=1S/C19H19N3O3/c1-3-25-18(23)11-14-5-7-16(8-6-14)21-19(24)22-17-9-4-13(2)10-15(17)12-20-22/h4-10,12H,3,11H2,1-2H3,(H,21,24). The molecule has 1 heterocycles. The number of benzene rings is 2. The van der Waals surface area contributed by atoms with Crippen LogP contribution in [0.15, 0.2) is 48.7 Å². The van der Waals surface area contributed by atoms with Gasteiger partial charge in [0.1, 0.15) is 0 Å². The normalized spacial score (nSPS) is 10.6. The molecule has 1 N–H and O–H groups in total. The number of esters is 1. The molecule has 0 unspecified atom stereocenters. The number of hydrogen-bond acceptors (Lipinski definition) is 4. The number of carbonyl (C=O) groups excluding carboxylic acids is 2. The first-order chi connectivity index (χ1) is 12.1. The van der Waals surface area contributed by atoms with Crippen LogP contribution in [0.1, 0.15) is 18.1 Å². The lowest BCUT2D eigenvalue weighted by atomic mass is 10.1. The Bertz CT molecular complexity index is 913. The number of ether oxygens (including phenoxy) is 1. The van der Waals surface area contributed by atoms with E-state index < -0.39 is 0 Å². The fourth-order valence-electron chi connectivity index (χ4n) is 2.58. The molecule has 0 atom stereocenters. The second-order valence-corrected chi connectivity index (χ2v) is 5.73. The molecular formula is C19H19N3O3. The average molecular weight is 337 g/mol. The van der Waals surface area contributed by atoms with Gasteiger partial charge in [0, 0.05) is 11.1 Å². The molecule has 0 fully saturated rings. The second-order valence-electron chi connectivity index (χ2n) is 5.73. The van der Waals surface area contributed by atoms with Crippen molar-refractivity contribution in [2.75, 3.05) is 11.9 Å². The van der Waals surface area contributed by atoms with Crippen LogP contribution in [0, 0.1) is 6.92 Å². The van der Waals surface area contributed by atoms with Crippen LogP contribution in [0.5, 0.6) is 0 Å². The zero-order chi connectivity index (χ0) is 17.8. The van der Waals surface area contributed by atoms with Gasteiger partial charge in [-0.05, 0) is 43.7 Å². The van der Waals surface area contributed by atoms with Gasteiger partial charge in [-0.1, -0.05) is 23.8 Å². The van der Waals surface area contributed by atoms with Crippen molar-refractivity contribution in [2.24, 2.45) is 0 Å². The van der Waals surface area contributed by atoms with Gasteiger partial charge in [0.25, 0.3) is 0 Å². The molecule has 0 radical (unpaired) electrons. The quantitative estimate of drug-likeness (QED) is 0.739. The minimum Gasteiger partial charge on any atom is -0.466 e. The van der Waals surface area contributed by atoms with Crippen LogP contribution >= 0.6 is 0 Å². The largest absolute Gasteiger partial charge is 0.466 e. The van der Waals surface area contributed by atoms with Crippen LogP contribution in [-0.2, 0) is 16.0 Å². The minimum absolute atomic E-state index is 0.214. The molecule has 0 saturated heterocycles. The Balaban J connectivity index is 1.71. The molecule has 6 heteroatoms. The highest BCUT2D eigenvalue weighted by Crippen LogP contribution is 2.16. The molecule has 1 amide bonds. The van der Waals surface area contributed by atoms with Crippen LogP contribution in [-0.4, -0.2) is 28.4 Å². The predicted octanol–water partition coefficient (Wildman–Crippen LogP) is 3.53. The highest BCUT2D eigenvalue weighted by atomic mass is 16.5. The number of nitrogens with one attached hydrogen (secondary N) is 1. The van der Waals surface area contributed by atoms with E-state index in [9.17, 15) is 9.59 Å². The van der Waals surface area contributed by atoms with Crippen molar-refractivity contribution >= 4 is 28.6 Å². The van der Waals surface area contributed by atoms with E-state index in [0.717, 1.165) is 22.0 Å². The molecule has 0 bridgehead atoms. The van der Waals surface area contributed by atoms with E-state index in [1.807, 2.05) is 25.1 Å². The van der Waals surface area contributed by atoms with E-state index in [-0.39, 0.29) is 18.4 Å². The Hall–Kier alpha value is -3.15. The van der Waals surface area contributed by atoms with Crippen molar-refractivity contribution < 1.29 is 14.3 Å². The fourth-order valence-corrected chi connectivity index (χ4v) is 2.58. The summed E-state index contributed by atoms with van der Waals surface area (Å²) in [5.74, 6) is -0.266. The van der Waals surface area contributed by atoms with Gasteiger partial charge in [-0.25, -0.2) is 4.79 Å². The molecule has 0 aliphatic rings. The van der Waals surface area contributed by atoms with Crippen LogP contribution < -0.4 is 5.32 Å². The van der Waals surface area contributed by atoms with Gasteiger partial charge < -0.3 is 10.1 Å². The summed E-state index contributed by atoms with van der Waals surface area (Å²) < 4.78 is 6.25. The van der Waals surface area contributed by atoms with Gasteiger partial charge >= 0.3 is 12.0 Å². The SMILES string of the molecule is CCOC(=O)Cc1ccc(NC(=O)n2ncc3cc(C)ccc32)cc1. The molecule has 0 aliphatic carbocycles. The van der Waals surface area contributed by atoms with Crippen molar-refractivity contribution in [2.45, 2.75) is 20.3 Å². The zero-order valence-corrected chi connectivity index (χ0v) is 14.2. The van der Waals surface area contributed by atoms with E-state index in [1.165, 1.54) is 4.68 Å². The lowest BCUT2D eigenvalue weighted by molar-refractivity contribution is -0.142. The molecule has 25 heavy (non-hydrogen) atoms. The molecule has 0 spiro atoms. The Morgan fingerprint density at radius 1 is 1.16 bits per heavy atom. The van der Waals surface area contributed by atoms with E-state index in [2.05, 4.69) is 10.4 Å². The lowest BCUT2D eigenvalue weighted by Gasteiger charge is -2.07. The van der Waals surface area contributed by atoms with E-state index >= 15 is 0 Å². The molecule has 3 rings (SSSR count). The lowest BCUT2D eigenvalue weighted by Crippen LogP contribution is -2.20. The number of rotatable bonds is 4. The van der Waals surface area contributed by atoms with Crippen molar-refractivity contribution in [3.05, 3.63) is 59.8 Å².